The van der Waals surface area contributed by atoms with E-state index in [0.29, 0.717) is 5.65 Å². The highest BCUT2D eigenvalue weighted by Gasteiger charge is 2.09. The Hall–Kier alpha value is -2.24. The maximum Gasteiger partial charge on any atom is 0.207 e. The van der Waals surface area contributed by atoms with Crippen LogP contribution in [0.4, 0.5) is 5.82 Å². The minimum absolute atomic E-state index is 0.683. The number of benzene rings is 1. The van der Waals surface area contributed by atoms with Gasteiger partial charge in [-0.1, -0.05) is 31.2 Å². The van der Waals surface area contributed by atoms with Gasteiger partial charge in [-0.05, 0) is 16.8 Å². The predicted octanol–water partition coefficient (Wildman–Crippen LogP) is 1.49. The molecule has 2 aromatic heterocycles. The molecule has 0 spiro atoms. The molecule has 86 valence electrons. The Morgan fingerprint density at radius 2 is 2.06 bits per heavy atom. The lowest BCUT2D eigenvalue weighted by Gasteiger charge is -2.07. The number of hydrogen-bond donors (Lipinski definition) is 1. The van der Waals surface area contributed by atoms with Crippen LogP contribution < -0.4 is 5.32 Å². The van der Waals surface area contributed by atoms with Gasteiger partial charge in [0.25, 0.3) is 0 Å². The van der Waals surface area contributed by atoms with Crippen molar-refractivity contribution in [3.63, 3.8) is 0 Å². The number of rotatable bonds is 3. The largest absolute Gasteiger partial charge is 0.368 e. The van der Waals surface area contributed by atoms with Gasteiger partial charge in [-0.25, -0.2) is 0 Å². The number of aromatic nitrogens is 5. The molecule has 0 amide bonds. The quantitative estimate of drug-likeness (QED) is 0.735. The van der Waals surface area contributed by atoms with Crippen molar-refractivity contribution in [1.29, 1.82) is 0 Å². The first kappa shape index (κ1) is 9.95. The lowest BCUT2D eigenvalue weighted by atomic mass is 10.2. The summed E-state index contributed by atoms with van der Waals surface area (Å²) in [4.78, 5) is 0. The first-order valence-corrected chi connectivity index (χ1v) is 5.61. The predicted molar refractivity (Wildman–Crippen MR) is 64.9 cm³/mol. The summed E-state index contributed by atoms with van der Waals surface area (Å²) in [6, 6.07) is 7.98. The fourth-order valence-corrected chi connectivity index (χ4v) is 1.82. The van der Waals surface area contributed by atoms with Crippen molar-refractivity contribution >= 4 is 22.2 Å². The maximum atomic E-state index is 4.37. The van der Waals surface area contributed by atoms with Crippen LogP contribution in [0.15, 0.2) is 24.3 Å². The van der Waals surface area contributed by atoms with Gasteiger partial charge in [0.15, 0.2) is 5.82 Å². The average Bonchev–Trinajstić information content (AvgIpc) is 2.84. The fourth-order valence-electron chi connectivity index (χ4n) is 1.82. The minimum Gasteiger partial charge on any atom is -0.368 e. The van der Waals surface area contributed by atoms with Crippen molar-refractivity contribution in [2.24, 2.45) is 0 Å². The SMILES string of the molecule is CCCNc1nn2nnnc2c2ccccc12. The minimum atomic E-state index is 0.683. The molecule has 6 heteroatoms. The summed E-state index contributed by atoms with van der Waals surface area (Å²) >= 11 is 0. The van der Waals surface area contributed by atoms with Crippen molar-refractivity contribution in [2.45, 2.75) is 13.3 Å². The van der Waals surface area contributed by atoms with Gasteiger partial charge in [0.1, 0.15) is 0 Å². The molecular formula is C11H12N6. The zero-order valence-electron chi connectivity index (χ0n) is 9.46. The van der Waals surface area contributed by atoms with E-state index in [0.717, 1.165) is 29.6 Å². The second-order valence-electron chi connectivity index (χ2n) is 3.81. The van der Waals surface area contributed by atoms with Crippen LogP contribution in [0.5, 0.6) is 0 Å². The molecule has 0 unspecified atom stereocenters. The topological polar surface area (TPSA) is 68.0 Å². The molecule has 0 aliphatic rings. The van der Waals surface area contributed by atoms with Gasteiger partial charge in [-0.2, -0.15) is 0 Å². The van der Waals surface area contributed by atoms with Crippen molar-refractivity contribution in [1.82, 2.24) is 25.3 Å². The molecule has 0 saturated heterocycles. The van der Waals surface area contributed by atoms with Crippen LogP contribution in [0.2, 0.25) is 0 Å². The van der Waals surface area contributed by atoms with E-state index in [4.69, 9.17) is 0 Å². The van der Waals surface area contributed by atoms with Gasteiger partial charge in [-0.15, -0.1) is 14.8 Å². The number of anilines is 1. The third-order valence-corrected chi connectivity index (χ3v) is 2.61. The normalized spacial score (nSPS) is 11.1. The van der Waals surface area contributed by atoms with Gasteiger partial charge in [0.2, 0.25) is 5.65 Å². The summed E-state index contributed by atoms with van der Waals surface area (Å²) in [5.41, 5.74) is 0.683. The van der Waals surface area contributed by atoms with E-state index in [1.165, 1.54) is 4.63 Å². The Labute approximate surface area is 97.6 Å². The molecule has 0 fully saturated rings. The molecule has 1 aromatic carbocycles. The molecule has 0 saturated carbocycles. The van der Waals surface area contributed by atoms with E-state index in [1.54, 1.807) is 0 Å². The Kier molecular flexibility index (Phi) is 2.32. The van der Waals surface area contributed by atoms with Crippen LogP contribution in [-0.2, 0) is 0 Å². The maximum absolute atomic E-state index is 4.37. The number of tetrazole rings is 1. The van der Waals surface area contributed by atoms with Gasteiger partial charge >= 0.3 is 0 Å². The van der Waals surface area contributed by atoms with E-state index in [2.05, 4.69) is 32.9 Å². The molecular weight excluding hydrogens is 216 g/mol. The van der Waals surface area contributed by atoms with E-state index < -0.39 is 0 Å². The summed E-state index contributed by atoms with van der Waals surface area (Å²) in [5.74, 6) is 0.822. The number of hydrogen-bond acceptors (Lipinski definition) is 5. The lowest BCUT2D eigenvalue weighted by Crippen LogP contribution is -2.06. The highest BCUT2D eigenvalue weighted by Crippen LogP contribution is 2.23. The Balaban J connectivity index is 2.29. The number of nitrogens with one attached hydrogen (secondary N) is 1. The third-order valence-electron chi connectivity index (χ3n) is 2.61. The summed E-state index contributed by atoms with van der Waals surface area (Å²) in [6.45, 7) is 3.00. The molecule has 0 bridgehead atoms. The molecule has 0 aliphatic heterocycles. The fraction of sp³-hybridized carbons (Fsp3) is 0.273. The summed E-state index contributed by atoms with van der Waals surface area (Å²) in [7, 11) is 0. The van der Waals surface area contributed by atoms with Crippen LogP contribution in [-0.4, -0.2) is 31.8 Å². The Morgan fingerprint density at radius 3 is 2.88 bits per heavy atom. The summed E-state index contributed by atoms with van der Waals surface area (Å²) in [6.07, 6.45) is 1.05. The third kappa shape index (κ3) is 1.57. The second-order valence-corrected chi connectivity index (χ2v) is 3.81. The molecule has 3 rings (SSSR count). The number of fused-ring (bicyclic) bond motifs is 3. The van der Waals surface area contributed by atoms with Crippen LogP contribution in [0, 0.1) is 0 Å². The Bertz CT molecular complexity index is 659. The van der Waals surface area contributed by atoms with Crippen molar-refractivity contribution in [3.8, 4) is 0 Å². The number of nitrogens with zero attached hydrogens (tertiary/aromatic N) is 5. The molecule has 0 aliphatic carbocycles. The zero-order valence-corrected chi connectivity index (χ0v) is 9.46. The van der Waals surface area contributed by atoms with Crippen LogP contribution >= 0.6 is 0 Å². The first-order valence-electron chi connectivity index (χ1n) is 5.61. The molecule has 6 nitrogen and oxygen atoms in total. The van der Waals surface area contributed by atoms with Gasteiger partial charge in [-0.3, -0.25) is 0 Å². The van der Waals surface area contributed by atoms with Crippen molar-refractivity contribution < 1.29 is 0 Å². The summed E-state index contributed by atoms with van der Waals surface area (Å²) in [5, 5.41) is 21.2. The molecule has 0 atom stereocenters. The standard InChI is InChI=1S/C11H12N6/c1-2-7-12-10-8-5-3-4-6-9(8)11-13-15-16-17(11)14-10/h3-6H,2,7H2,1H3,(H,12,14). The average molecular weight is 228 g/mol. The van der Waals surface area contributed by atoms with E-state index in [1.807, 2.05) is 24.3 Å². The van der Waals surface area contributed by atoms with E-state index in [9.17, 15) is 0 Å². The molecule has 17 heavy (non-hydrogen) atoms. The molecule has 0 radical (unpaired) electrons. The van der Waals surface area contributed by atoms with E-state index in [-0.39, 0.29) is 0 Å². The van der Waals surface area contributed by atoms with Gasteiger partial charge in [0.05, 0.1) is 0 Å². The molecule has 3 aromatic rings. The molecule has 1 N–H and O–H groups in total. The summed E-state index contributed by atoms with van der Waals surface area (Å²) < 4.78 is 1.46. The first-order chi connectivity index (χ1) is 8.40. The smallest absolute Gasteiger partial charge is 0.207 e. The van der Waals surface area contributed by atoms with Gasteiger partial charge in [0, 0.05) is 17.3 Å². The highest BCUT2D eigenvalue weighted by atomic mass is 15.6. The van der Waals surface area contributed by atoms with Crippen molar-refractivity contribution in [2.75, 3.05) is 11.9 Å². The van der Waals surface area contributed by atoms with Crippen LogP contribution in [0.3, 0.4) is 0 Å². The van der Waals surface area contributed by atoms with Gasteiger partial charge < -0.3 is 5.32 Å². The highest BCUT2D eigenvalue weighted by molar-refractivity contribution is 5.99. The zero-order chi connectivity index (χ0) is 11.7. The van der Waals surface area contributed by atoms with E-state index >= 15 is 0 Å². The molecule has 2 heterocycles. The lowest BCUT2D eigenvalue weighted by molar-refractivity contribution is 0.736. The van der Waals surface area contributed by atoms with Crippen molar-refractivity contribution in [3.05, 3.63) is 24.3 Å². The second kappa shape index (κ2) is 3.97. The van der Waals surface area contributed by atoms with Crippen LogP contribution in [0.25, 0.3) is 16.4 Å². The van der Waals surface area contributed by atoms with Crippen LogP contribution in [0.1, 0.15) is 13.3 Å². The Morgan fingerprint density at radius 1 is 1.24 bits per heavy atom. The monoisotopic (exact) mass is 228 g/mol.